The van der Waals surface area contributed by atoms with E-state index in [0.29, 0.717) is 11.1 Å². The lowest BCUT2D eigenvalue weighted by atomic mass is 10.0. The summed E-state index contributed by atoms with van der Waals surface area (Å²) in [5.41, 5.74) is 1.95. The third-order valence-corrected chi connectivity index (χ3v) is 3.04. The van der Waals surface area contributed by atoms with E-state index >= 15 is 0 Å². The molecular weight excluding hydrogens is 251 g/mol. The predicted octanol–water partition coefficient (Wildman–Crippen LogP) is 4.74. The number of hydrogen-bond acceptors (Lipinski definition) is 1. The molecule has 20 heavy (non-hydrogen) atoms. The molecular formula is C18H17FO. The van der Waals surface area contributed by atoms with Crippen molar-refractivity contribution in [1.82, 2.24) is 0 Å². The molecule has 0 aromatic heterocycles. The van der Waals surface area contributed by atoms with E-state index in [-0.39, 0.29) is 11.6 Å². The highest BCUT2D eigenvalue weighted by Gasteiger charge is 2.05. The quantitative estimate of drug-likeness (QED) is 0.629. The second kappa shape index (κ2) is 6.77. The zero-order valence-electron chi connectivity index (χ0n) is 11.5. The van der Waals surface area contributed by atoms with Gasteiger partial charge in [0.2, 0.25) is 0 Å². The van der Waals surface area contributed by atoms with Crippen molar-refractivity contribution in [2.75, 3.05) is 0 Å². The molecule has 0 atom stereocenters. The molecule has 0 aliphatic heterocycles. The van der Waals surface area contributed by atoms with Crippen molar-refractivity contribution >= 4 is 0 Å². The van der Waals surface area contributed by atoms with Crippen molar-refractivity contribution in [3.05, 3.63) is 53.8 Å². The van der Waals surface area contributed by atoms with Crippen molar-refractivity contribution in [2.45, 2.75) is 26.2 Å². The van der Waals surface area contributed by atoms with Gasteiger partial charge in [0, 0.05) is 17.5 Å². The van der Waals surface area contributed by atoms with Gasteiger partial charge in [-0.1, -0.05) is 43.4 Å². The van der Waals surface area contributed by atoms with Crippen LogP contribution in [0.3, 0.4) is 0 Å². The van der Waals surface area contributed by atoms with Gasteiger partial charge in [0.25, 0.3) is 0 Å². The van der Waals surface area contributed by atoms with Crippen molar-refractivity contribution in [1.29, 1.82) is 0 Å². The van der Waals surface area contributed by atoms with Gasteiger partial charge in [-0.25, -0.2) is 4.39 Å². The largest absolute Gasteiger partial charge is 0.508 e. The fraction of sp³-hybridized carbons (Fsp3) is 0.222. The van der Waals surface area contributed by atoms with E-state index in [1.54, 1.807) is 30.3 Å². The number of phenolic OH excluding ortho intramolecular Hbond substituents is 1. The van der Waals surface area contributed by atoms with Gasteiger partial charge in [0.15, 0.2) is 0 Å². The molecule has 0 saturated heterocycles. The summed E-state index contributed by atoms with van der Waals surface area (Å²) in [5.74, 6) is 5.91. The highest BCUT2D eigenvalue weighted by Crippen LogP contribution is 2.25. The van der Waals surface area contributed by atoms with E-state index < -0.39 is 0 Å². The van der Waals surface area contributed by atoms with Gasteiger partial charge in [0.1, 0.15) is 11.6 Å². The fourth-order valence-corrected chi connectivity index (χ4v) is 1.90. The Hall–Kier alpha value is -2.27. The topological polar surface area (TPSA) is 20.2 Å². The number of benzene rings is 2. The molecule has 0 amide bonds. The van der Waals surface area contributed by atoms with E-state index in [2.05, 4.69) is 18.8 Å². The SMILES string of the molecule is CCCCC#Cc1ccc(-c2ccc(O)cc2)c(F)c1. The molecule has 0 aliphatic carbocycles. The Morgan fingerprint density at radius 1 is 1.10 bits per heavy atom. The van der Waals surface area contributed by atoms with Crippen molar-refractivity contribution in [2.24, 2.45) is 0 Å². The number of halogens is 1. The molecule has 2 aromatic rings. The molecule has 1 N–H and O–H groups in total. The molecule has 0 bridgehead atoms. The van der Waals surface area contributed by atoms with E-state index in [4.69, 9.17) is 0 Å². The Bertz CT molecular complexity index is 633. The Morgan fingerprint density at radius 2 is 1.85 bits per heavy atom. The zero-order chi connectivity index (χ0) is 14.4. The first-order valence-electron chi connectivity index (χ1n) is 6.78. The minimum absolute atomic E-state index is 0.174. The van der Waals surface area contributed by atoms with Gasteiger partial charge >= 0.3 is 0 Å². The second-order valence-corrected chi connectivity index (χ2v) is 4.65. The number of unbranched alkanes of at least 4 members (excludes halogenated alkanes) is 2. The molecule has 0 aliphatic rings. The molecule has 2 rings (SSSR count). The summed E-state index contributed by atoms with van der Waals surface area (Å²) in [6.45, 7) is 2.12. The Balaban J connectivity index is 2.21. The van der Waals surface area contributed by atoms with Crippen LogP contribution in [0, 0.1) is 17.7 Å². The normalized spacial score (nSPS) is 9.90. The van der Waals surface area contributed by atoms with Gasteiger partial charge < -0.3 is 5.11 Å². The lowest BCUT2D eigenvalue weighted by Crippen LogP contribution is -1.86. The summed E-state index contributed by atoms with van der Waals surface area (Å²) >= 11 is 0. The maximum Gasteiger partial charge on any atom is 0.132 e. The van der Waals surface area contributed by atoms with Crippen LogP contribution < -0.4 is 0 Å². The summed E-state index contributed by atoms with van der Waals surface area (Å²) < 4.78 is 14.1. The standard InChI is InChI=1S/C18H17FO/c1-2-3-4-5-6-14-7-12-17(18(19)13-14)15-8-10-16(20)11-9-15/h7-13,20H,2-4H2,1H3. The highest BCUT2D eigenvalue weighted by atomic mass is 19.1. The summed E-state index contributed by atoms with van der Waals surface area (Å²) in [5, 5.41) is 9.25. The molecule has 0 spiro atoms. The maximum atomic E-state index is 14.1. The van der Waals surface area contributed by atoms with Crippen LogP contribution in [-0.2, 0) is 0 Å². The summed E-state index contributed by atoms with van der Waals surface area (Å²) in [4.78, 5) is 0. The first kappa shape index (κ1) is 14.1. The van der Waals surface area contributed by atoms with Gasteiger partial charge in [-0.05, 0) is 36.2 Å². The van der Waals surface area contributed by atoms with Gasteiger partial charge in [0.05, 0.1) is 0 Å². The molecule has 0 saturated carbocycles. The summed E-state index contributed by atoms with van der Waals surface area (Å²) in [7, 11) is 0. The molecule has 0 heterocycles. The van der Waals surface area contributed by atoms with Crippen LogP contribution in [0.25, 0.3) is 11.1 Å². The fourth-order valence-electron chi connectivity index (χ4n) is 1.90. The van der Waals surface area contributed by atoms with Gasteiger partial charge in [-0.3, -0.25) is 0 Å². The van der Waals surface area contributed by atoms with Crippen LogP contribution in [0.15, 0.2) is 42.5 Å². The average Bonchev–Trinajstić information content (AvgIpc) is 2.45. The lowest BCUT2D eigenvalue weighted by Gasteiger charge is -2.04. The van der Waals surface area contributed by atoms with Gasteiger partial charge in [-0.2, -0.15) is 0 Å². The summed E-state index contributed by atoms with van der Waals surface area (Å²) in [6.07, 6.45) is 3.03. The van der Waals surface area contributed by atoms with E-state index in [0.717, 1.165) is 24.8 Å². The van der Waals surface area contributed by atoms with Crippen molar-refractivity contribution < 1.29 is 9.50 Å². The number of phenols is 1. The van der Waals surface area contributed by atoms with Crippen LogP contribution in [-0.4, -0.2) is 5.11 Å². The Labute approximate surface area is 119 Å². The average molecular weight is 268 g/mol. The smallest absolute Gasteiger partial charge is 0.132 e. The number of aromatic hydroxyl groups is 1. The number of hydrogen-bond donors (Lipinski definition) is 1. The van der Waals surface area contributed by atoms with E-state index in [9.17, 15) is 9.50 Å². The minimum Gasteiger partial charge on any atom is -0.508 e. The molecule has 1 nitrogen and oxygen atoms in total. The molecule has 102 valence electrons. The molecule has 2 heteroatoms. The van der Waals surface area contributed by atoms with Gasteiger partial charge in [-0.15, -0.1) is 0 Å². The third kappa shape index (κ3) is 3.61. The Kier molecular flexibility index (Phi) is 4.79. The molecule has 0 radical (unpaired) electrons. The molecule has 0 unspecified atom stereocenters. The van der Waals surface area contributed by atoms with Crippen LogP contribution in [0.4, 0.5) is 4.39 Å². The third-order valence-electron chi connectivity index (χ3n) is 3.04. The maximum absolute atomic E-state index is 14.1. The first-order valence-corrected chi connectivity index (χ1v) is 6.78. The number of rotatable bonds is 3. The van der Waals surface area contributed by atoms with Crippen LogP contribution in [0.2, 0.25) is 0 Å². The van der Waals surface area contributed by atoms with E-state index in [1.807, 2.05) is 6.07 Å². The second-order valence-electron chi connectivity index (χ2n) is 4.65. The Morgan fingerprint density at radius 3 is 2.50 bits per heavy atom. The lowest BCUT2D eigenvalue weighted by molar-refractivity contribution is 0.475. The van der Waals surface area contributed by atoms with Crippen LogP contribution >= 0.6 is 0 Å². The summed E-state index contributed by atoms with van der Waals surface area (Å²) in [6, 6.07) is 11.5. The van der Waals surface area contributed by atoms with E-state index in [1.165, 1.54) is 6.07 Å². The monoisotopic (exact) mass is 268 g/mol. The molecule has 2 aromatic carbocycles. The van der Waals surface area contributed by atoms with Crippen molar-refractivity contribution in [3.63, 3.8) is 0 Å². The highest BCUT2D eigenvalue weighted by molar-refractivity contribution is 5.65. The van der Waals surface area contributed by atoms with Crippen LogP contribution in [0.1, 0.15) is 31.7 Å². The predicted molar refractivity (Wildman–Crippen MR) is 79.9 cm³/mol. The first-order chi connectivity index (χ1) is 9.70. The molecule has 0 fully saturated rings. The minimum atomic E-state index is -0.294. The van der Waals surface area contributed by atoms with Crippen LogP contribution in [0.5, 0.6) is 5.75 Å². The van der Waals surface area contributed by atoms with Crippen molar-refractivity contribution in [3.8, 4) is 28.7 Å². The zero-order valence-corrected chi connectivity index (χ0v) is 11.5.